The maximum Gasteiger partial charge on any atom is 0.325 e. The summed E-state index contributed by atoms with van der Waals surface area (Å²) in [6, 6.07) is 6.37. The van der Waals surface area contributed by atoms with Crippen LogP contribution in [0.1, 0.15) is 32.4 Å². The van der Waals surface area contributed by atoms with Gasteiger partial charge in [0, 0.05) is 11.7 Å². The number of rotatable bonds is 5. The molecule has 1 atom stereocenters. The summed E-state index contributed by atoms with van der Waals surface area (Å²) in [4.78, 5) is 24.9. The van der Waals surface area contributed by atoms with Crippen LogP contribution >= 0.6 is 0 Å². The molecule has 0 aliphatic carbocycles. The van der Waals surface area contributed by atoms with Crippen LogP contribution in [0, 0.1) is 0 Å². The molecule has 1 aromatic carbocycles. The van der Waals surface area contributed by atoms with Crippen molar-refractivity contribution < 1.29 is 19.4 Å². The molecule has 21 heavy (non-hydrogen) atoms. The van der Waals surface area contributed by atoms with Crippen molar-refractivity contribution in [2.45, 2.75) is 32.9 Å². The predicted molar refractivity (Wildman–Crippen MR) is 80.0 cm³/mol. The van der Waals surface area contributed by atoms with Crippen LogP contribution in [0.15, 0.2) is 24.3 Å². The fraction of sp³-hybridized carbons (Fsp3) is 0.467. The van der Waals surface area contributed by atoms with Gasteiger partial charge in [0.15, 0.2) is 0 Å². The zero-order valence-electron chi connectivity index (χ0n) is 12.8. The predicted octanol–water partition coefficient (Wildman–Crippen LogP) is 2.16. The number of carbonyl (C=O) groups excluding carboxylic acids is 2. The minimum absolute atomic E-state index is 0.105. The quantitative estimate of drug-likeness (QED) is 0.816. The Kier molecular flexibility index (Phi) is 6.17. The number of methoxy groups -OCH3 is 1. The summed E-state index contributed by atoms with van der Waals surface area (Å²) in [6.45, 7) is 5.20. The topological polar surface area (TPSA) is 78.9 Å². The third kappa shape index (κ3) is 5.07. The molecule has 6 heteroatoms. The number of ether oxygens (including phenoxy) is 1. The van der Waals surface area contributed by atoms with Crippen LogP contribution < -0.4 is 5.32 Å². The summed E-state index contributed by atoms with van der Waals surface area (Å²) in [5, 5.41) is 12.2. The lowest BCUT2D eigenvalue weighted by Crippen LogP contribution is -2.43. The second-order valence-corrected chi connectivity index (χ2v) is 5.03. The van der Waals surface area contributed by atoms with E-state index in [2.05, 4.69) is 10.1 Å². The lowest BCUT2D eigenvalue weighted by atomic mass is 10.1. The molecule has 1 aromatic rings. The summed E-state index contributed by atoms with van der Waals surface area (Å²) in [5.41, 5.74) is 1.36. The molecule has 0 heterocycles. The monoisotopic (exact) mass is 294 g/mol. The van der Waals surface area contributed by atoms with Gasteiger partial charge in [0.05, 0.1) is 13.2 Å². The third-order valence-electron chi connectivity index (χ3n) is 3.06. The van der Waals surface area contributed by atoms with Gasteiger partial charge in [0.1, 0.15) is 6.54 Å². The van der Waals surface area contributed by atoms with E-state index in [1.54, 1.807) is 31.2 Å². The Balaban J connectivity index is 2.74. The first-order valence-corrected chi connectivity index (χ1v) is 6.77. The number of aliphatic hydroxyl groups is 1. The van der Waals surface area contributed by atoms with Gasteiger partial charge in [-0.3, -0.25) is 4.79 Å². The van der Waals surface area contributed by atoms with E-state index >= 15 is 0 Å². The second kappa shape index (κ2) is 7.64. The van der Waals surface area contributed by atoms with Crippen molar-refractivity contribution in [3.8, 4) is 0 Å². The average molecular weight is 294 g/mol. The molecule has 2 amide bonds. The number of amides is 2. The van der Waals surface area contributed by atoms with Gasteiger partial charge in [-0.2, -0.15) is 0 Å². The van der Waals surface area contributed by atoms with Crippen LogP contribution in [0.3, 0.4) is 0 Å². The number of urea groups is 1. The highest BCUT2D eigenvalue weighted by atomic mass is 16.5. The first kappa shape index (κ1) is 17.0. The van der Waals surface area contributed by atoms with E-state index in [1.807, 2.05) is 13.8 Å². The molecule has 0 aromatic heterocycles. The van der Waals surface area contributed by atoms with E-state index in [1.165, 1.54) is 12.0 Å². The number of carbonyl (C=O) groups is 2. The van der Waals surface area contributed by atoms with Gasteiger partial charge in [-0.05, 0) is 38.5 Å². The summed E-state index contributed by atoms with van der Waals surface area (Å²) in [7, 11) is 1.29. The molecule has 0 saturated heterocycles. The Morgan fingerprint density at radius 2 is 1.81 bits per heavy atom. The van der Waals surface area contributed by atoms with Crippen LogP contribution in [0.25, 0.3) is 0 Å². The molecule has 0 radical (unpaired) electrons. The minimum atomic E-state index is -0.554. The third-order valence-corrected chi connectivity index (χ3v) is 3.06. The average Bonchev–Trinajstić information content (AvgIpc) is 2.44. The van der Waals surface area contributed by atoms with Gasteiger partial charge in [-0.15, -0.1) is 0 Å². The van der Waals surface area contributed by atoms with Gasteiger partial charge in [0.25, 0.3) is 0 Å². The molecule has 0 bridgehead atoms. The van der Waals surface area contributed by atoms with Crippen LogP contribution in [0.2, 0.25) is 0 Å². The number of anilines is 1. The fourth-order valence-corrected chi connectivity index (χ4v) is 1.73. The maximum atomic E-state index is 12.2. The minimum Gasteiger partial charge on any atom is -0.468 e. The lowest BCUT2D eigenvalue weighted by molar-refractivity contribution is -0.141. The van der Waals surface area contributed by atoms with Gasteiger partial charge in [0.2, 0.25) is 0 Å². The lowest BCUT2D eigenvalue weighted by Gasteiger charge is -2.25. The van der Waals surface area contributed by atoms with E-state index in [0.717, 1.165) is 5.56 Å². The van der Waals surface area contributed by atoms with Crippen molar-refractivity contribution in [3.63, 3.8) is 0 Å². The van der Waals surface area contributed by atoms with Gasteiger partial charge in [-0.1, -0.05) is 12.1 Å². The number of nitrogens with one attached hydrogen (secondary N) is 1. The Labute approximate surface area is 124 Å². The normalized spacial score (nSPS) is 11.9. The molecule has 0 aliphatic heterocycles. The zero-order valence-corrected chi connectivity index (χ0v) is 12.8. The standard InChI is InChI=1S/C15H22N2O4/c1-10(2)17(9-14(19)21-4)15(20)16-13-7-5-12(6-8-13)11(3)18/h5-8,10-11,18H,9H2,1-4H3,(H,16,20). The first-order valence-electron chi connectivity index (χ1n) is 6.77. The van der Waals surface area contributed by atoms with Crippen LogP contribution in [0.5, 0.6) is 0 Å². The van der Waals surface area contributed by atoms with Crippen molar-refractivity contribution in [1.82, 2.24) is 4.90 Å². The fourth-order valence-electron chi connectivity index (χ4n) is 1.73. The van der Waals surface area contributed by atoms with Crippen LogP contribution in [-0.4, -0.2) is 41.7 Å². The Morgan fingerprint density at radius 1 is 1.24 bits per heavy atom. The number of esters is 1. The van der Waals surface area contributed by atoms with Crippen molar-refractivity contribution >= 4 is 17.7 Å². The Morgan fingerprint density at radius 3 is 2.24 bits per heavy atom. The highest BCUT2D eigenvalue weighted by molar-refractivity contribution is 5.91. The molecule has 116 valence electrons. The molecule has 6 nitrogen and oxygen atoms in total. The van der Waals surface area contributed by atoms with E-state index in [9.17, 15) is 14.7 Å². The molecule has 1 rings (SSSR count). The molecule has 0 spiro atoms. The van der Waals surface area contributed by atoms with Crippen molar-refractivity contribution in [1.29, 1.82) is 0 Å². The van der Waals surface area contributed by atoms with Crippen molar-refractivity contribution in [2.24, 2.45) is 0 Å². The summed E-state index contributed by atoms with van der Waals surface area (Å²) < 4.78 is 4.58. The molecule has 2 N–H and O–H groups in total. The SMILES string of the molecule is COC(=O)CN(C(=O)Nc1ccc(C(C)O)cc1)C(C)C. The summed E-state index contributed by atoms with van der Waals surface area (Å²) in [5.74, 6) is -0.469. The number of hydrogen-bond acceptors (Lipinski definition) is 4. The molecule has 0 saturated carbocycles. The van der Waals surface area contributed by atoms with Crippen LogP contribution in [0.4, 0.5) is 10.5 Å². The smallest absolute Gasteiger partial charge is 0.325 e. The van der Waals surface area contributed by atoms with Crippen molar-refractivity contribution in [3.05, 3.63) is 29.8 Å². The molecule has 0 fully saturated rings. The highest BCUT2D eigenvalue weighted by Crippen LogP contribution is 2.16. The Hall–Kier alpha value is -2.08. The molecule has 0 aliphatic rings. The highest BCUT2D eigenvalue weighted by Gasteiger charge is 2.20. The largest absolute Gasteiger partial charge is 0.468 e. The van der Waals surface area contributed by atoms with Crippen LogP contribution in [-0.2, 0) is 9.53 Å². The van der Waals surface area contributed by atoms with E-state index in [0.29, 0.717) is 5.69 Å². The zero-order chi connectivity index (χ0) is 16.0. The number of aliphatic hydroxyl groups excluding tert-OH is 1. The van der Waals surface area contributed by atoms with E-state index in [4.69, 9.17) is 0 Å². The van der Waals surface area contributed by atoms with E-state index < -0.39 is 12.1 Å². The molecular formula is C15H22N2O4. The first-order chi connectivity index (χ1) is 9.85. The summed E-state index contributed by atoms with van der Waals surface area (Å²) in [6.07, 6.45) is -0.554. The summed E-state index contributed by atoms with van der Waals surface area (Å²) >= 11 is 0. The number of benzene rings is 1. The van der Waals surface area contributed by atoms with Crippen molar-refractivity contribution in [2.75, 3.05) is 19.0 Å². The Bertz CT molecular complexity index is 483. The van der Waals surface area contributed by atoms with Gasteiger partial charge in [-0.25, -0.2) is 4.79 Å². The number of hydrogen-bond donors (Lipinski definition) is 2. The maximum absolute atomic E-state index is 12.2. The number of nitrogens with zero attached hydrogens (tertiary/aromatic N) is 1. The van der Waals surface area contributed by atoms with Gasteiger partial charge < -0.3 is 20.1 Å². The van der Waals surface area contributed by atoms with E-state index in [-0.39, 0.29) is 18.6 Å². The second-order valence-electron chi connectivity index (χ2n) is 5.03. The molecular weight excluding hydrogens is 272 g/mol. The molecule has 1 unspecified atom stereocenters. The van der Waals surface area contributed by atoms with Gasteiger partial charge >= 0.3 is 12.0 Å².